The van der Waals surface area contributed by atoms with E-state index in [1.807, 2.05) is 6.07 Å². The zero-order valence-electron chi connectivity index (χ0n) is 12.0. The molecule has 0 aromatic carbocycles. The molecule has 0 aliphatic carbocycles. The zero-order valence-corrected chi connectivity index (χ0v) is 12.8. The highest BCUT2D eigenvalue weighted by Crippen LogP contribution is 2.25. The first-order chi connectivity index (χ1) is 9.61. The van der Waals surface area contributed by atoms with Crippen LogP contribution in [0.15, 0.2) is 24.4 Å². The van der Waals surface area contributed by atoms with E-state index in [1.54, 1.807) is 18.3 Å². The lowest BCUT2D eigenvalue weighted by molar-refractivity contribution is 0.815. The van der Waals surface area contributed by atoms with Gasteiger partial charge in [-0.15, -0.1) is 0 Å². The van der Waals surface area contributed by atoms with Crippen molar-refractivity contribution in [3.63, 3.8) is 0 Å². The van der Waals surface area contributed by atoms with E-state index >= 15 is 0 Å². The van der Waals surface area contributed by atoms with E-state index in [0.29, 0.717) is 22.5 Å². The van der Waals surface area contributed by atoms with Crippen molar-refractivity contribution in [3.8, 4) is 11.5 Å². The van der Waals surface area contributed by atoms with Crippen LogP contribution in [-0.4, -0.2) is 21.5 Å². The first kappa shape index (κ1) is 14.7. The summed E-state index contributed by atoms with van der Waals surface area (Å²) in [5.74, 6) is 1.71. The minimum atomic E-state index is 0.321. The SMILES string of the molecule is CCCNc1cc(C(C)C)nc(-c2ncccc2Cl)n1. The molecule has 20 heavy (non-hydrogen) atoms. The quantitative estimate of drug-likeness (QED) is 0.899. The molecule has 0 saturated heterocycles. The molecule has 0 atom stereocenters. The summed E-state index contributed by atoms with van der Waals surface area (Å²) in [4.78, 5) is 13.4. The van der Waals surface area contributed by atoms with Gasteiger partial charge in [0.05, 0.1) is 5.02 Å². The number of aromatic nitrogens is 3. The molecule has 1 N–H and O–H groups in total. The van der Waals surface area contributed by atoms with Crippen molar-refractivity contribution in [2.24, 2.45) is 0 Å². The molecule has 2 aromatic heterocycles. The van der Waals surface area contributed by atoms with Gasteiger partial charge in [-0.2, -0.15) is 0 Å². The van der Waals surface area contributed by atoms with Crippen molar-refractivity contribution in [1.82, 2.24) is 15.0 Å². The fraction of sp³-hybridized carbons (Fsp3) is 0.400. The normalized spacial score (nSPS) is 10.8. The summed E-state index contributed by atoms with van der Waals surface area (Å²) in [5, 5.41) is 3.86. The van der Waals surface area contributed by atoms with E-state index < -0.39 is 0 Å². The molecule has 0 amide bonds. The number of halogens is 1. The molecular formula is C15H19ClN4. The smallest absolute Gasteiger partial charge is 0.181 e. The summed E-state index contributed by atoms with van der Waals surface area (Å²) >= 11 is 6.18. The topological polar surface area (TPSA) is 50.7 Å². The Labute approximate surface area is 124 Å². The van der Waals surface area contributed by atoms with E-state index in [-0.39, 0.29) is 0 Å². The van der Waals surface area contributed by atoms with Crippen molar-refractivity contribution < 1.29 is 0 Å². The van der Waals surface area contributed by atoms with Gasteiger partial charge in [0.15, 0.2) is 5.82 Å². The van der Waals surface area contributed by atoms with Gasteiger partial charge >= 0.3 is 0 Å². The zero-order chi connectivity index (χ0) is 14.5. The Morgan fingerprint density at radius 1 is 1.30 bits per heavy atom. The Hall–Kier alpha value is -1.68. The second-order valence-corrected chi connectivity index (χ2v) is 5.32. The van der Waals surface area contributed by atoms with Crippen LogP contribution in [0.2, 0.25) is 5.02 Å². The molecule has 5 heteroatoms. The highest BCUT2D eigenvalue weighted by molar-refractivity contribution is 6.32. The minimum absolute atomic E-state index is 0.321. The molecule has 0 fully saturated rings. The molecule has 0 unspecified atom stereocenters. The van der Waals surface area contributed by atoms with Gasteiger partial charge in [-0.05, 0) is 24.5 Å². The van der Waals surface area contributed by atoms with Crippen LogP contribution in [0.4, 0.5) is 5.82 Å². The Morgan fingerprint density at radius 2 is 2.10 bits per heavy atom. The standard InChI is InChI=1S/C15H19ClN4/c1-4-7-17-13-9-12(10(2)3)19-15(20-13)14-11(16)6-5-8-18-14/h5-6,8-10H,4,7H2,1-3H3,(H,17,19,20). The molecule has 0 radical (unpaired) electrons. The molecule has 106 valence electrons. The maximum absolute atomic E-state index is 6.18. The van der Waals surface area contributed by atoms with Gasteiger partial charge in [-0.1, -0.05) is 32.4 Å². The molecule has 0 spiro atoms. The molecule has 0 bridgehead atoms. The first-order valence-electron chi connectivity index (χ1n) is 6.85. The van der Waals surface area contributed by atoms with Crippen molar-refractivity contribution in [3.05, 3.63) is 35.1 Å². The van der Waals surface area contributed by atoms with Gasteiger partial charge in [0.25, 0.3) is 0 Å². The van der Waals surface area contributed by atoms with Gasteiger partial charge < -0.3 is 5.32 Å². The van der Waals surface area contributed by atoms with Gasteiger partial charge in [-0.3, -0.25) is 4.98 Å². The van der Waals surface area contributed by atoms with Crippen LogP contribution >= 0.6 is 11.6 Å². The number of hydrogen-bond acceptors (Lipinski definition) is 4. The Kier molecular flexibility index (Phi) is 4.90. The van der Waals surface area contributed by atoms with E-state index in [9.17, 15) is 0 Å². The highest BCUT2D eigenvalue weighted by Gasteiger charge is 2.12. The van der Waals surface area contributed by atoms with Gasteiger partial charge in [0, 0.05) is 24.5 Å². The highest BCUT2D eigenvalue weighted by atomic mass is 35.5. The van der Waals surface area contributed by atoms with Crippen LogP contribution in [0.5, 0.6) is 0 Å². The van der Waals surface area contributed by atoms with Crippen LogP contribution in [0.25, 0.3) is 11.5 Å². The van der Waals surface area contributed by atoms with Crippen LogP contribution in [0.3, 0.4) is 0 Å². The second-order valence-electron chi connectivity index (χ2n) is 4.92. The molecule has 4 nitrogen and oxygen atoms in total. The van der Waals surface area contributed by atoms with Crippen LogP contribution in [-0.2, 0) is 0 Å². The number of nitrogens with one attached hydrogen (secondary N) is 1. The Morgan fingerprint density at radius 3 is 2.75 bits per heavy atom. The average molecular weight is 291 g/mol. The summed E-state index contributed by atoms with van der Waals surface area (Å²) in [6.07, 6.45) is 2.74. The molecular weight excluding hydrogens is 272 g/mol. The van der Waals surface area contributed by atoms with Crippen LogP contribution < -0.4 is 5.32 Å². The van der Waals surface area contributed by atoms with Crippen LogP contribution in [0, 0.1) is 0 Å². The maximum Gasteiger partial charge on any atom is 0.181 e. The Bertz CT molecular complexity index is 584. The lowest BCUT2D eigenvalue weighted by Crippen LogP contribution is -2.07. The van der Waals surface area contributed by atoms with Crippen molar-refractivity contribution >= 4 is 17.4 Å². The molecule has 2 heterocycles. The number of rotatable bonds is 5. The third-order valence-electron chi connectivity index (χ3n) is 2.86. The lowest BCUT2D eigenvalue weighted by Gasteiger charge is -2.11. The fourth-order valence-electron chi connectivity index (χ4n) is 1.76. The molecule has 2 aromatic rings. The van der Waals surface area contributed by atoms with E-state index in [0.717, 1.165) is 24.5 Å². The fourth-order valence-corrected chi connectivity index (χ4v) is 1.97. The summed E-state index contributed by atoms with van der Waals surface area (Å²) in [6.45, 7) is 7.21. The summed E-state index contributed by atoms with van der Waals surface area (Å²) in [5.41, 5.74) is 1.60. The summed E-state index contributed by atoms with van der Waals surface area (Å²) in [7, 11) is 0. The average Bonchev–Trinajstić information content (AvgIpc) is 2.45. The molecule has 0 aliphatic rings. The number of pyridine rings is 1. The van der Waals surface area contributed by atoms with Crippen LogP contribution in [0.1, 0.15) is 38.8 Å². The molecule has 2 rings (SSSR count). The maximum atomic E-state index is 6.18. The van der Waals surface area contributed by atoms with Crippen molar-refractivity contribution in [2.75, 3.05) is 11.9 Å². The lowest BCUT2D eigenvalue weighted by atomic mass is 10.1. The predicted octanol–water partition coefficient (Wildman–Crippen LogP) is 4.14. The minimum Gasteiger partial charge on any atom is -0.370 e. The third kappa shape index (κ3) is 3.45. The van der Waals surface area contributed by atoms with Gasteiger partial charge in [0.2, 0.25) is 0 Å². The van der Waals surface area contributed by atoms with Gasteiger partial charge in [0.1, 0.15) is 11.5 Å². The predicted molar refractivity (Wildman–Crippen MR) is 83.1 cm³/mol. The largest absolute Gasteiger partial charge is 0.370 e. The van der Waals surface area contributed by atoms with E-state index in [1.165, 1.54) is 0 Å². The summed E-state index contributed by atoms with van der Waals surface area (Å²) < 4.78 is 0. The number of nitrogens with zero attached hydrogens (tertiary/aromatic N) is 3. The second kappa shape index (κ2) is 6.66. The monoisotopic (exact) mass is 290 g/mol. The van der Waals surface area contributed by atoms with E-state index in [2.05, 4.69) is 41.0 Å². The Balaban J connectivity index is 2.46. The molecule has 0 aliphatic heterocycles. The number of hydrogen-bond donors (Lipinski definition) is 1. The molecule has 0 saturated carbocycles. The van der Waals surface area contributed by atoms with Gasteiger partial charge in [-0.25, -0.2) is 9.97 Å². The first-order valence-corrected chi connectivity index (χ1v) is 7.23. The third-order valence-corrected chi connectivity index (χ3v) is 3.17. The number of anilines is 1. The van der Waals surface area contributed by atoms with E-state index in [4.69, 9.17) is 11.6 Å². The summed E-state index contributed by atoms with van der Waals surface area (Å²) in [6, 6.07) is 5.59. The van der Waals surface area contributed by atoms with Crippen molar-refractivity contribution in [2.45, 2.75) is 33.1 Å². The van der Waals surface area contributed by atoms with Crippen molar-refractivity contribution in [1.29, 1.82) is 0 Å².